The van der Waals surface area contributed by atoms with Gasteiger partial charge in [0.15, 0.2) is 0 Å². The van der Waals surface area contributed by atoms with Crippen LogP contribution in [0, 0.1) is 12.8 Å². The Balaban J connectivity index is 1.55. The number of hydrogen-bond acceptors (Lipinski definition) is 4. The number of piperidine rings is 1. The molecule has 5 heteroatoms. The van der Waals surface area contributed by atoms with Gasteiger partial charge in [-0.05, 0) is 31.4 Å². The Morgan fingerprint density at radius 1 is 1.26 bits per heavy atom. The Bertz CT molecular complexity index is 642. The molecule has 2 heterocycles. The molecule has 1 N–H and O–H groups in total. The van der Waals surface area contributed by atoms with Crippen molar-refractivity contribution in [3.05, 3.63) is 53.9 Å². The fraction of sp³-hybridized carbons (Fsp3) is 0.389. The highest BCUT2D eigenvalue weighted by Crippen LogP contribution is 2.20. The highest BCUT2D eigenvalue weighted by molar-refractivity contribution is 5.79. The zero-order chi connectivity index (χ0) is 16.1. The first-order chi connectivity index (χ1) is 11.2. The zero-order valence-electron chi connectivity index (χ0n) is 13.4. The number of aryl methyl sites for hydroxylation is 1. The maximum atomic E-state index is 12.4. The summed E-state index contributed by atoms with van der Waals surface area (Å²) in [5, 5.41) is 3.05. The Kier molecular flexibility index (Phi) is 4.86. The summed E-state index contributed by atoms with van der Waals surface area (Å²) in [5.41, 5.74) is 2.36. The van der Waals surface area contributed by atoms with Crippen LogP contribution in [0.4, 0.5) is 5.95 Å². The van der Waals surface area contributed by atoms with E-state index in [1.807, 2.05) is 0 Å². The van der Waals surface area contributed by atoms with Gasteiger partial charge in [-0.25, -0.2) is 9.97 Å². The lowest BCUT2D eigenvalue weighted by Gasteiger charge is -2.31. The van der Waals surface area contributed by atoms with Crippen molar-refractivity contribution in [1.29, 1.82) is 0 Å². The average molecular weight is 310 g/mol. The summed E-state index contributed by atoms with van der Waals surface area (Å²) in [7, 11) is 0. The van der Waals surface area contributed by atoms with Crippen LogP contribution in [0.2, 0.25) is 0 Å². The third kappa shape index (κ3) is 4.06. The van der Waals surface area contributed by atoms with Crippen LogP contribution < -0.4 is 10.2 Å². The second-order valence-electron chi connectivity index (χ2n) is 6.04. The number of amides is 1. The first-order valence-electron chi connectivity index (χ1n) is 8.07. The predicted octanol–water partition coefficient (Wildman–Crippen LogP) is 2.32. The maximum Gasteiger partial charge on any atom is 0.225 e. The topological polar surface area (TPSA) is 58.1 Å². The third-order valence-electron chi connectivity index (χ3n) is 4.21. The van der Waals surface area contributed by atoms with Crippen molar-refractivity contribution in [2.45, 2.75) is 26.3 Å². The van der Waals surface area contributed by atoms with E-state index in [1.54, 1.807) is 18.5 Å². The molecule has 1 atom stereocenters. The molecule has 2 aromatic rings. The quantitative estimate of drug-likeness (QED) is 0.941. The molecule has 0 bridgehead atoms. The fourth-order valence-electron chi connectivity index (χ4n) is 2.87. The number of anilines is 1. The Morgan fingerprint density at radius 2 is 2.00 bits per heavy atom. The minimum atomic E-state index is -0.00185. The molecule has 0 spiro atoms. The predicted molar refractivity (Wildman–Crippen MR) is 90.0 cm³/mol. The van der Waals surface area contributed by atoms with Crippen LogP contribution in [0.15, 0.2) is 42.7 Å². The van der Waals surface area contributed by atoms with Crippen LogP contribution >= 0.6 is 0 Å². The molecule has 3 rings (SSSR count). The number of carbonyl (C=O) groups is 1. The molecule has 1 amide bonds. The molecule has 5 nitrogen and oxygen atoms in total. The minimum absolute atomic E-state index is 0.00185. The monoisotopic (exact) mass is 310 g/mol. The summed E-state index contributed by atoms with van der Waals surface area (Å²) in [5.74, 6) is 0.827. The van der Waals surface area contributed by atoms with Gasteiger partial charge in [0.25, 0.3) is 0 Å². The second kappa shape index (κ2) is 7.22. The van der Waals surface area contributed by atoms with E-state index >= 15 is 0 Å². The van der Waals surface area contributed by atoms with E-state index in [-0.39, 0.29) is 11.8 Å². The van der Waals surface area contributed by atoms with E-state index in [9.17, 15) is 4.79 Å². The summed E-state index contributed by atoms with van der Waals surface area (Å²) in [6, 6.07) is 10.0. The number of nitrogens with one attached hydrogen (secondary N) is 1. The molecule has 1 fully saturated rings. The van der Waals surface area contributed by atoms with Crippen molar-refractivity contribution in [3.63, 3.8) is 0 Å². The number of aromatic nitrogens is 2. The largest absolute Gasteiger partial charge is 0.352 e. The van der Waals surface area contributed by atoms with Gasteiger partial charge in [0.2, 0.25) is 11.9 Å². The standard InChI is InChI=1S/C18H22N4O/c1-14-5-7-15(8-6-14)12-21-17(23)16-4-2-11-22(13-16)18-19-9-3-10-20-18/h3,5-10,16H,2,4,11-13H2,1H3,(H,21,23)/t16-/m1/s1. The van der Waals surface area contributed by atoms with Crippen LogP contribution in [0.25, 0.3) is 0 Å². The highest BCUT2D eigenvalue weighted by Gasteiger charge is 2.26. The lowest BCUT2D eigenvalue weighted by Crippen LogP contribution is -2.43. The van der Waals surface area contributed by atoms with E-state index < -0.39 is 0 Å². The van der Waals surface area contributed by atoms with Crippen molar-refractivity contribution < 1.29 is 4.79 Å². The molecule has 0 unspecified atom stereocenters. The number of benzene rings is 1. The minimum Gasteiger partial charge on any atom is -0.352 e. The smallest absolute Gasteiger partial charge is 0.225 e. The number of nitrogens with zero attached hydrogens (tertiary/aromatic N) is 3. The van der Waals surface area contributed by atoms with Crippen molar-refractivity contribution in [3.8, 4) is 0 Å². The molecule has 120 valence electrons. The lowest BCUT2D eigenvalue weighted by atomic mass is 9.97. The second-order valence-corrected chi connectivity index (χ2v) is 6.04. The molecule has 1 saturated heterocycles. The molecule has 1 aromatic carbocycles. The van der Waals surface area contributed by atoms with Crippen molar-refractivity contribution in [2.75, 3.05) is 18.0 Å². The van der Waals surface area contributed by atoms with Gasteiger partial charge in [0, 0.05) is 32.0 Å². The average Bonchev–Trinajstić information content (AvgIpc) is 2.62. The van der Waals surface area contributed by atoms with E-state index in [1.165, 1.54) is 5.56 Å². The molecule has 1 aliphatic rings. The van der Waals surface area contributed by atoms with Crippen molar-refractivity contribution >= 4 is 11.9 Å². The molecular formula is C18H22N4O. The lowest BCUT2D eigenvalue weighted by molar-refractivity contribution is -0.125. The SMILES string of the molecule is Cc1ccc(CNC(=O)[C@@H]2CCCN(c3ncccn3)C2)cc1. The molecule has 1 aromatic heterocycles. The number of hydrogen-bond donors (Lipinski definition) is 1. The van der Waals surface area contributed by atoms with Gasteiger partial charge in [0.1, 0.15) is 0 Å². The molecule has 0 aliphatic carbocycles. The summed E-state index contributed by atoms with van der Waals surface area (Å²) in [6.07, 6.45) is 5.39. The normalized spacial score (nSPS) is 17.8. The Morgan fingerprint density at radius 3 is 2.74 bits per heavy atom. The van der Waals surface area contributed by atoms with Crippen molar-refractivity contribution in [1.82, 2.24) is 15.3 Å². The molecule has 1 aliphatic heterocycles. The molecule has 23 heavy (non-hydrogen) atoms. The van der Waals surface area contributed by atoms with Gasteiger partial charge in [-0.2, -0.15) is 0 Å². The van der Waals surface area contributed by atoms with E-state index in [0.717, 1.165) is 24.9 Å². The summed E-state index contributed by atoms with van der Waals surface area (Å²) in [4.78, 5) is 23.1. The summed E-state index contributed by atoms with van der Waals surface area (Å²) < 4.78 is 0. The van der Waals surface area contributed by atoms with Gasteiger partial charge in [-0.1, -0.05) is 29.8 Å². The molecule has 0 radical (unpaired) electrons. The number of rotatable bonds is 4. The maximum absolute atomic E-state index is 12.4. The summed E-state index contributed by atoms with van der Waals surface area (Å²) >= 11 is 0. The Labute approximate surface area is 136 Å². The summed E-state index contributed by atoms with van der Waals surface area (Å²) in [6.45, 7) is 4.23. The van der Waals surface area contributed by atoms with Crippen LogP contribution in [0.1, 0.15) is 24.0 Å². The van der Waals surface area contributed by atoms with Gasteiger partial charge in [-0.15, -0.1) is 0 Å². The highest BCUT2D eigenvalue weighted by atomic mass is 16.1. The van der Waals surface area contributed by atoms with Crippen LogP contribution in [0.3, 0.4) is 0 Å². The van der Waals surface area contributed by atoms with E-state index in [4.69, 9.17) is 0 Å². The molecular weight excluding hydrogens is 288 g/mol. The van der Waals surface area contributed by atoms with Gasteiger partial charge in [-0.3, -0.25) is 4.79 Å². The van der Waals surface area contributed by atoms with E-state index in [2.05, 4.69) is 51.4 Å². The van der Waals surface area contributed by atoms with Crippen LogP contribution in [-0.4, -0.2) is 29.0 Å². The van der Waals surface area contributed by atoms with Gasteiger partial charge < -0.3 is 10.2 Å². The van der Waals surface area contributed by atoms with Gasteiger partial charge in [0.05, 0.1) is 5.92 Å². The first-order valence-corrected chi connectivity index (χ1v) is 8.07. The number of carbonyl (C=O) groups excluding carboxylic acids is 1. The molecule has 0 saturated carbocycles. The van der Waals surface area contributed by atoms with Crippen LogP contribution in [0.5, 0.6) is 0 Å². The Hall–Kier alpha value is -2.43. The van der Waals surface area contributed by atoms with E-state index in [0.29, 0.717) is 19.0 Å². The first kappa shape index (κ1) is 15.5. The van der Waals surface area contributed by atoms with Gasteiger partial charge >= 0.3 is 0 Å². The third-order valence-corrected chi connectivity index (χ3v) is 4.21. The zero-order valence-corrected chi connectivity index (χ0v) is 13.4. The van der Waals surface area contributed by atoms with Crippen LogP contribution in [-0.2, 0) is 11.3 Å². The fourth-order valence-corrected chi connectivity index (χ4v) is 2.87. The van der Waals surface area contributed by atoms with Crippen molar-refractivity contribution in [2.24, 2.45) is 5.92 Å².